The van der Waals surface area contributed by atoms with Crippen LogP contribution in [0.15, 0.2) is 36.5 Å². The molecule has 3 N–H and O–H groups in total. The minimum absolute atomic E-state index is 0.00219. The van der Waals surface area contributed by atoms with Gasteiger partial charge in [-0.05, 0) is 37.0 Å². The van der Waals surface area contributed by atoms with Crippen LogP contribution in [0.4, 0.5) is 5.82 Å². The van der Waals surface area contributed by atoms with Crippen LogP contribution < -0.4 is 11.1 Å². The van der Waals surface area contributed by atoms with Crippen molar-refractivity contribution in [1.29, 1.82) is 0 Å². The molecule has 2 atom stereocenters. The van der Waals surface area contributed by atoms with Crippen LogP contribution in [-0.4, -0.2) is 21.7 Å². The van der Waals surface area contributed by atoms with E-state index in [0.29, 0.717) is 17.4 Å². The number of anilines is 1. The van der Waals surface area contributed by atoms with Gasteiger partial charge in [0.05, 0.1) is 12.7 Å². The van der Waals surface area contributed by atoms with Crippen LogP contribution in [0.3, 0.4) is 0 Å². The maximum Gasteiger partial charge on any atom is 0.228 e. The van der Waals surface area contributed by atoms with Gasteiger partial charge in [0.15, 0.2) is 0 Å². The van der Waals surface area contributed by atoms with Gasteiger partial charge in [-0.1, -0.05) is 30.2 Å². The molecule has 0 saturated heterocycles. The monoisotopic (exact) mass is 332 g/mol. The summed E-state index contributed by atoms with van der Waals surface area (Å²) in [5, 5.41) is 7.99. The van der Waals surface area contributed by atoms with Crippen molar-refractivity contribution in [3.8, 4) is 0 Å². The lowest BCUT2D eigenvalue weighted by Crippen LogP contribution is -2.34. The first kappa shape index (κ1) is 16.0. The second-order valence-electron chi connectivity index (χ2n) is 6.11. The number of hydrogen-bond donors (Lipinski definition) is 2. The number of carbonyl (C=O) groups is 1. The summed E-state index contributed by atoms with van der Waals surface area (Å²) < 4.78 is 1.78. The van der Waals surface area contributed by atoms with E-state index in [1.807, 2.05) is 30.3 Å². The zero-order valence-electron chi connectivity index (χ0n) is 12.9. The molecule has 1 aromatic carbocycles. The number of benzene rings is 1. The molecule has 1 aromatic heterocycles. The number of carbonyl (C=O) groups excluding carboxylic acids is 1. The third-order valence-electron chi connectivity index (χ3n) is 4.30. The average Bonchev–Trinajstić information content (AvgIpc) is 2.96. The lowest BCUT2D eigenvalue weighted by molar-refractivity contribution is -0.120. The first-order chi connectivity index (χ1) is 11.1. The normalized spacial score (nSPS) is 21.1. The van der Waals surface area contributed by atoms with Gasteiger partial charge < -0.3 is 11.1 Å². The second-order valence-corrected chi connectivity index (χ2v) is 6.55. The molecule has 1 aliphatic carbocycles. The van der Waals surface area contributed by atoms with Crippen LogP contribution >= 0.6 is 11.6 Å². The SMILES string of the molecule is NC1CCCC(C(=O)Nc2ccnn2Cc2ccc(Cl)cc2)C1. The van der Waals surface area contributed by atoms with Gasteiger partial charge in [0, 0.05) is 23.0 Å². The minimum atomic E-state index is -0.00219. The van der Waals surface area contributed by atoms with Crippen molar-refractivity contribution in [3.05, 3.63) is 47.1 Å². The topological polar surface area (TPSA) is 72.9 Å². The molecule has 1 aliphatic rings. The molecule has 5 nitrogen and oxygen atoms in total. The molecule has 0 bridgehead atoms. The molecule has 0 spiro atoms. The van der Waals surface area contributed by atoms with Crippen molar-refractivity contribution in [3.63, 3.8) is 0 Å². The molecule has 1 fully saturated rings. The van der Waals surface area contributed by atoms with Crippen molar-refractivity contribution in [2.75, 3.05) is 5.32 Å². The van der Waals surface area contributed by atoms with Crippen molar-refractivity contribution in [1.82, 2.24) is 9.78 Å². The number of rotatable bonds is 4. The first-order valence-electron chi connectivity index (χ1n) is 7.94. The van der Waals surface area contributed by atoms with Gasteiger partial charge in [-0.2, -0.15) is 5.10 Å². The Hall–Kier alpha value is -1.85. The Bertz CT molecular complexity index is 667. The summed E-state index contributed by atoms with van der Waals surface area (Å²) >= 11 is 5.90. The lowest BCUT2D eigenvalue weighted by atomic mass is 9.85. The van der Waals surface area contributed by atoms with Crippen LogP contribution in [0.1, 0.15) is 31.2 Å². The van der Waals surface area contributed by atoms with Crippen LogP contribution in [-0.2, 0) is 11.3 Å². The Kier molecular flexibility index (Phi) is 4.98. The molecular weight excluding hydrogens is 312 g/mol. The molecule has 1 amide bonds. The summed E-state index contributed by atoms with van der Waals surface area (Å²) in [6.45, 7) is 0.587. The highest BCUT2D eigenvalue weighted by Gasteiger charge is 2.25. The minimum Gasteiger partial charge on any atom is -0.328 e. The Labute approximate surface area is 140 Å². The molecule has 2 aromatic rings. The predicted molar refractivity (Wildman–Crippen MR) is 91.3 cm³/mol. The number of nitrogens with one attached hydrogen (secondary N) is 1. The van der Waals surface area contributed by atoms with Crippen molar-refractivity contribution < 1.29 is 4.79 Å². The van der Waals surface area contributed by atoms with Gasteiger partial charge in [0.25, 0.3) is 0 Å². The molecule has 1 saturated carbocycles. The van der Waals surface area contributed by atoms with Gasteiger partial charge >= 0.3 is 0 Å². The highest BCUT2D eigenvalue weighted by atomic mass is 35.5. The predicted octanol–water partition coefficient (Wildman–Crippen LogP) is 3.04. The van der Waals surface area contributed by atoms with E-state index in [-0.39, 0.29) is 17.9 Å². The molecule has 2 unspecified atom stereocenters. The van der Waals surface area contributed by atoms with E-state index in [9.17, 15) is 4.79 Å². The maximum atomic E-state index is 12.4. The van der Waals surface area contributed by atoms with E-state index in [1.54, 1.807) is 10.9 Å². The standard InChI is InChI=1S/C17H21ClN4O/c18-14-6-4-12(5-7-14)11-22-16(8-9-20-22)21-17(23)13-2-1-3-15(19)10-13/h4-9,13,15H,1-3,10-11,19H2,(H,21,23). The fourth-order valence-corrected chi connectivity index (χ4v) is 3.15. The largest absolute Gasteiger partial charge is 0.328 e. The molecule has 23 heavy (non-hydrogen) atoms. The maximum absolute atomic E-state index is 12.4. The zero-order chi connectivity index (χ0) is 16.2. The van der Waals surface area contributed by atoms with E-state index >= 15 is 0 Å². The summed E-state index contributed by atoms with van der Waals surface area (Å²) in [7, 11) is 0. The highest BCUT2D eigenvalue weighted by molar-refractivity contribution is 6.30. The number of halogens is 1. The van der Waals surface area contributed by atoms with E-state index in [4.69, 9.17) is 17.3 Å². The fraction of sp³-hybridized carbons (Fsp3) is 0.412. The number of amides is 1. The van der Waals surface area contributed by atoms with Gasteiger partial charge in [0.1, 0.15) is 5.82 Å². The molecular formula is C17H21ClN4O. The van der Waals surface area contributed by atoms with Gasteiger partial charge in [0.2, 0.25) is 5.91 Å². The Morgan fingerprint density at radius 3 is 2.83 bits per heavy atom. The Morgan fingerprint density at radius 2 is 2.09 bits per heavy atom. The Balaban J connectivity index is 1.66. The molecule has 1 heterocycles. The van der Waals surface area contributed by atoms with Gasteiger partial charge in [-0.25, -0.2) is 4.68 Å². The highest BCUT2D eigenvalue weighted by Crippen LogP contribution is 2.24. The molecule has 3 rings (SSSR count). The van der Waals surface area contributed by atoms with E-state index < -0.39 is 0 Å². The van der Waals surface area contributed by atoms with Gasteiger partial charge in [-0.3, -0.25) is 4.79 Å². The summed E-state index contributed by atoms with van der Waals surface area (Å²) in [6, 6.07) is 9.56. The summed E-state index contributed by atoms with van der Waals surface area (Å²) in [5.74, 6) is 0.750. The van der Waals surface area contributed by atoms with E-state index in [2.05, 4.69) is 10.4 Å². The molecule has 0 radical (unpaired) electrons. The van der Waals surface area contributed by atoms with Crippen LogP contribution in [0.2, 0.25) is 5.02 Å². The smallest absolute Gasteiger partial charge is 0.228 e. The Morgan fingerprint density at radius 1 is 1.30 bits per heavy atom. The number of hydrogen-bond acceptors (Lipinski definition) is 3. The van der Waals surface area contributed by atoms with Crippen LogP contribution in [0.5, 0.6) is 0 Å². The van der Waals surface area contributed by atoms with Crippen LogP contribution in [0, 0.1) is 5.92 Å². The average molecular weight is 333 g/mol. The third kappa shape index (κ3) is 4.12. The quantitative estimate of drug-likeness (QED) is 0.903. The molecule has 122 valence electrons. The zero-order valence-corrected chi connectivity index (χ0v) is 13.7. The fourth-order valence-electron chi connectivity index (χ4n) is 3.02. The second kappa shape index (κ2) is 7.15. The third-order valence-corrected chi connectivity index (χ3v) is 4.55. The van der Waals surface area contributed by atoms with E-state index in [0.717, 1.165) is 31.2 Å². The number of nitrogens with zero attached hydrogens (tertiary/aromatic N) is 2. The molecule has 6 heteroatoms. The van der Waals surface area contributed by atoms with Gasteiger partial charge in [-0.15, -0.1) is 0 Å². The summed E-state index contributed by atoms with van der Waals surface area (Å²) in [6.07, 6.45) is 5.39. The van der Waals surface area contributed by atoms with Crippen molar-refractivity contribution >= 4 is 23.3 Å². The molecule has 0 aliphatic heterocycles. The first-order valence-corrected chi connectivity index (χ1v) is 8.32. The lowest BCUT2D eigenvalue weighted by Gasteiger charge is -2.25. The van der Waals surface area contributed by atoms with Crippen LogP contribution in [0.25, 0.3) is 0 Å². The van der Waals surface area contributed by atoms with Crippen molar-refractivity contribution in [2.45, 2.75) is 38.3 Å². The van der Waals surface area contributed by atoms with Crippen molar-refractivity contribution in [2.24, 2.45) is 11.7 Å². The summed E-state index contributed by atoms with van der Waals surface area (Å²) in [4.78, 5) is 12.4. The number of nitrogens with two attached hydrogens (primary N) is 1. The number of aromatic nitrogens is 2. The van der Waals surface area contributed by atoms with E-state index in [1.165, 1.54) is 0 Å². The summed E-state index contributed by atoms with van der Waals surface area (Å²) in [5.41, 5.74) is 7.05.